The van der Waals surface area contributed by atoms with Crippen LogP contribution < -0.4 is 5.32 Å². The number of rotatable bonds is 6. The molecule has 0 radical (unpaired) electrons. The number of amides is 1. The number of fused-ring (bicyclic) bond motifs is 1. The molecule has 132 valence electrons. The van der Waals surface area contributed by atoms with Crippen LogP contribution in [0.25, 0.3) is 0 Å². The van der Waals surface area contributed by atoms with Crippen molar-refractivity contribution in [1.82, 2.24) is 9.62 Å². The molecular formula is C19H22N2O3S. The number of benzene rings is 2. The zero-order valence-electron chi connectivity index (χ0n) is 14.0. The highest BCUT2D eigenvalue weighted by Gasteiger charge is 2.26. The fourth-order valence-corrected chi connectivity index (χ4v) is 4.35. The third-order valence-corrected chi connectivity index (χ3v) is 6.23. The van der Waals surface area contributed by atoms with E-state index < -0.39 is 10.0 Å². The normalized spacial score (nSPS) is 14.7. The van der Waals surface area contributed by atoms with Gasteiger partial charge in [0.1, 0.15) is 0 Å². The van der Waals surface area contributed by atoms with Crippen LogP contribution in [0.5, 0.6) is 0 Å². The Bertz CT molecular complexity index is 835. The number of carbonyl (C=O) groups excluding carboxylic acids is 1. The van der Waals surface area contributed by atoms with Crippen LogP contribution >= 0.6 is 0 Å². The molecule has 1 aliphatic rings. The lowest BCUT2D eigenvalue weighted by atomic mass is 10.0. The van der Waals surface area contributed by atoms with Gasteiger partial charge in [0.15, 0.2) is 0 Å². The second-order valence-electron chi connectivity index (χ2n) is 6.18. The maximum absolute atomic E-state index is 12.5. The van der Waals surface area contributed by atoms with Gasteiger partial charge in [-0.1, -0.05) is 54.6 Å². The van der Waals surface area contributed by atoms with E-state index in [1.165, 1.54) is 9.87 Å². The van der Waals surface area contributed by atoms with Crippen LogP contribution in [0.15, 0.2) is 54.6 Å². The lowest BCUT2D eigenvalue weighted by Gasteiger charge is -2.28. The molecule has 0 unspecified atom stereocenters. The van der Waals surface area contributed by atoms with Gasteiger partial charge in [0, 0.05) is 26.1 Å². The summed E-state index contributed by atoms with van der Waals surface area (Å²) in [6.45, 7) is 1.28. The Hall–Kier alpha value is -2.18. The van der Waals surface area contributed by atoms with Crippen LogP contribution in [0.2, 0.25) is 0 Å². The molecule has 0 aliphatic carbocycles. The summed E-state index contributed by atoms with van der Waals surface area (Å²) < 4.78 is 26.5. The predicted octanol–water partition coefficient (Wildman–Crippen LogP) is 2.08. The molecule has 0 spiro atoms. The van der Waals surface area contributed by atoms with Crippen molar-refractivity contribution in [2.24, 2.45) is 0 Å². The highest BCUT2D eigenvalue weighted by atomic mass is 32.2. The highest BCUT2D eigenvalue weighted by molar-refractivity contribution is 7.89. The van der Waals surface area contributed by atoms with E-state index in [-0.39, 0.29) is 18.1 Å². The molecule has 0 fully saturated rings. The average Bonchev–Trinajstić information content (AvgIpc) is 2.65. The number of nitrogens with zero attached hydrogens (tertiary/aromatic N) is 1. The summed E-state index contributed by atoms with van der Waals surface area (Å²) in [5, 5.41) is 2.77. The first-order valence-corrected chi connectivity index (χ1v) is 10.0. The first kappa shape index (κ1) is 17.6. The van der Waals surface area contributed by atoms with Crippen molar-refractivity contribution in [1.29, 1.82) is 0 Å². The largest absolute Gasteiger partial charge is 0.352 e. The first-order valence-electron chi connectivity index (χ1n) is 8.40. The number of sulfonamides is 1. The monoisotopic (exact) mass is 358 g/mol. The Morgan fingerprint density at radius 2 is 1.68 bits per heavy atom. The van der Waals surface area contributed by atoms with Gasteiger partial charge >= 0.3 is 0 Å². The lowest BCUT2D eigenvalue weighted by Crippen LogP contribution is -2.38. The minimum Gasteiger partial charge on any atom is -0.352 e. The topological polar surface area (TPSA) is 66.5 Å². The second-order valence-corrected chi connectivity index (χ2v) is 8.27. The van der Waals surface area contributed by atoms with Crippen LogP contribution in [0, 0.1) is 0 Å². The van der Waals surface area contributed by atoms with Crippen molar-refractivity contribution in [2.45, 2.75) is 25.9 Å². The van der Waals surface area contributed by atoms with E-state index in [9.17, 15) is 13.2 Å². The number of carbonyl (C=O) groups is 1. The Balaban J connectivity index is 1.51. The molecule has 0 bridgehead atoms. The second kappa shape index (κ2) is 7.80. The van der Waals surface area contributed by atoms with E-state index in [4.69, 9.17) is 0 Å². The van der Waals surface area contributed by atoms with Crippen LogP contribution in [-0.2, 0) is 34.3 Å². The van der Waals surface area contributed by atoms with Crippen LogP contribution in [0.1, 0.15) is 23.1 Å². The van der Waals surface area contributed by atoms with Gasteiger partial charge in [0.2, 0.25) is 15.9 Å². The maximum Gasteiger partial charge on any atom is 0.221 e. The molecule has 0 aromatic heterocycles. The van der Waals surface area contributed by atoms with Gasteiger partial charge < -0.3 is 5.32 Å². The van der Waals surface area contributed by atoms with E-state index in [0.717, 1.165) is 17.5 Å². The quantitative estimate of drug-likeness (QED) is 0.860. The van der Waals surface area contributed by atoms with Gasteiger partial charge in [-0.2, -0.15) is 4.31 Å². The molecule has 1 N–H and O–H groups in total. The van der Waals surface area contributed by atoms with Crippen molar-refractivity contribution in [3.05, 3.63) is 71.3 Å². The van der Waals surface area contributed by atoms with E-state index in [2.05, 4.69) is 5.32 Å². The highest BCUT2D eigenvalue weighted by Crippen LogP contribution is 2.21. The molecule has 0 atom stereocenters. The molecule has 5 nitrogen and oxygen atoms in total. The molecule has 3 rings (SSSR count). The molecule has 2 aromatic rings. The van der Waals surface area contributed by atoms with Crippen molar-refractivity contribution >= 4 is 15.9 Å². The molecule has 2 aromatic carbocycles. The molecule has 25 heavy (non-hydrogen) atoms. The number of hydrogen-bond acceptors (Lipinski definition) is 3. The van der Waals surface area contributed by atoms with Crippen LogP contribution in [0.4, 0.5) is 0 Å². The fourth-order valence-electron chi connectivity index (χ4n) is 2.94. The summed E-state index contributed by atoms with van der Waals surface area (Å²) in [6, 6.07) is 17.4. The first-order chi connectivity index (χ1) is 12.0. The molecule has 1 heterocycles. The summed E-state index contributed by atoms with van der Waals surface area (Å²) in [6.07, 6.45) is 0.697. The Labute approximate surface area is 148 Å². The average molecular weight is 358 g/mol. The smallest absolute Gasteiger partial charge is 0.221 e. The van der Waals surface area contributed by atoms with Crippen molar-refractivity contribution < 1.29 is 13.2 Å². The minimum absolute atomic E-state index is 0.0205. The van der Waals surface area contributed by atoms with E-state index >= 15 is 0 Å². The van der Waals surface area contributed by atoms with Gasteiger partial charge in [-0.25, -0.2) is 8.42 Å². The molecule has 1 amide bonds. The Kier molecular flexibility index (Phi) is 5.50. The SMILES string of the molecule is O=C(CCS(=O)(=O)N1CCc2ccccc2C1)NCc1ccccc1. The lowest BCUT2D eigenvalue weighted by molar-refractivity contribution is -0.120. The summed E-state index contributed by atoms with van der Waals surface area (Å²) in [5.74, 6) is -0.402. The van der Waals surface area contributed by atoms with Crippen molar-refractivity contribution in [3.63, 3.8) is 0 Å². The number of hydrogen-bond donors (Lipinski definition) is 1. The minimum atomic E-state index is -3.43. The van der Waals surface area contributed by atoms with Gasteiger partial charge in [0.05, 0.1) is 5.75 Å². The number of nitrogens with one attached hydrogen (secondary N) is 1. The van der Waals surface area contributed by atoms with E-state index in [1.807, 2.05) is 54.6 Å². The van der Waals surface area contributed by atoms with Crippen molar-refractivity contribution in [2.75, 3.05) is 12.3 Å². The third kappa shape index (κ3) is 4.67. The van der Waals surface area contributed by atoms with Crippen molar-refractivity contribution in [3.8, 4) is 0 Å². The van der Waals surface area contributed by atoms with Crippen LogP contribution in [-0.4, -0.2) is 30.9 Å². The summed E-state index contributed by atoms with van der Waals surface area (Å²) in [7, 11) is -3.43. The van der Waals surface area contributed by atoms with Crippen LogP contribution in [0.3, 0.4) is 0 Å². The summed E-state index contributed by atoms with van der Waals surface area (Å²) >= 11 is 0. The Morgan fingerprint density at radius 1 is 1.00 bits per heavy atom. The molecule has 1 aliphatic heterocycles. The summed E-state index contributed by atoms with van der Waals surface area (Å²) in [4.78, 5) is 12.0. The fraction of sp³-hybridized carbons (Fsp3) is 0.316. The molecule has 0 saturated heterocycles. The zero-order valence-corrected chi connectivity index (χ0v) is 14.8. The standard InChI is InChI=1S/C19H22N2O3S/c22-19(20-14-16-6-2-1-3-7-16)11-13-25(23,24)21-12-10-17-8-4-5-9-18(17)15-21/h1-9H,10-15H2,(H,20,22). The van der Waals surface area contributed by atoms with Gasteiger partial charge in [0.25, 0.3) is 0 Å². The van der Waals surface area contributed by atoms with Gasteiger partial charge in [-0.15, -0.1) is 0 Å². The predicted molar refractivity (Wildman–Crippen MR) is 97.2 cm³/mol. The van der Waals surface area contributed by atoms with Gasteiger partial charge in [-0.3, -0.25) is 4.79 Å². The molecule has 6 heteroatoms. The Morgan fingerprint density at radius 3 is 2.44 bits per heavy atom. The van der Waals surface area contributed by atoms with E-state index in [0.29, 0.717) is 19.6 Å². The summed E-state index contributed by atoms with van der Waals surface area (Å²) in [5.41, 5.74) is 3.24. The molecular weight excluding hydrogens is 336 g/mol. The maximum atomic E-state index is 12.5. The zero-order chi connectivity index (χ0) is 17.7. The third-order valence-electron chi connectivity index (χ3n) is 4.41. The van der Waals surface area contributed by atoms with E-state index in [1.54, 1.807) is 0 Å². The van der Waals surface area contributed by atoms with Gasteiger partial charge in [-0.05, 0) is 23.1 Å². The molecule has 0 saturated carbocycles.